The normalized spacial score (nSPS) is 11.4. The van der Waals surface area contributed by atoms with E-state index in [1.807, 2.05) is 42.5 Å². The first-order chi connectivity index (χ1) is 20.3. The number of pyridine rings is 1. The summed E-state index contributed by atoms with van der Waals surface area (Å²) in [4.78, 5) is 21.3. The maximum Gasteiger partial charge on any atom is 0.165 e. The summed E-state index contributed by atoms with van der Waals surface area (Å²) in [5.41, 5.74) is 6.07. The molecule has 0 amide bonds. The third-order valence-corrected chi connectivity index (χ3v) is 8.41. The van der Waals surface area contributed by atoms with E-state index in [1.165, 1.54) is 4.70 Å². The van der Waals surface area contributed by atoms with E-state index in [1.54, 1.807) is 11.3 Å². The summed E-state index contributed by atoms with van der Waals surface area (Å²) < 4.78 is 1.19. The van der Waals surface area contributed by atoms with Gasteiger partial charge >= 0.3 is 0 Å². The van der Waals surface area contributed by atoms with Crippen LogP contribution in [0.25, 0.3) is 76.5 Å². The topological polar surface area (TPSA) is 51.6 Å². The zero-order chi connectivity index (χ0) is 27.2. The fourth-order valence-corrected chi connectivity index (χ4v) is 6.51. The van der Waals surface area contributed by atoms with Crippen LogP contribution < -0.4 is 0 Å². The number of fused-ring (bicyclic) bond motifs is 4. The number of thiophene rings is 1. The summed E-state index contributed by atoms with van der Waals surface area (Å²) >= 11 is 1.70. The molecule has 0 aliphatic rings. The maximum absolute atomic E-state index is 5.18. The van der Waals surface area contributed by atoms with Gasteiger partial charge in [-0.2, -0.15) is 0 Å². The summed E-state index contributed by atoms with van der Waals surface area (Å²) in [5.74, 6) is 1.93. The highest BCUT2D eigenvalue weighted by molar-refractivity contribution is 7.25. The van der Waals surface area contributed by atoms with Crippen molar-refractivity contribution in [2.45, 2.75) is 0 Å². The van der Waals surface area contributed by atoms with Crippen molar-refractivity contribution in [2.75, 3.05) is 0 Å². The van der Waals surface area contributed by atoms with Crippen LogP contribution in [0.3, 0.4) is 0 Å². The minimum Gasteiger partial charge on any atom is -0.237 e. The molecule has 41 heavy (non-hydrogen) atoms. The molecule has 192 valence electrons. The predicted molar refractivity (Wildman–Crippen MR) is 170 cm³/mol. The molecule has 5 aromatic carbocycles. The fraction of sp³-hybridized carbons (Fsp3) is 0. The van der Waals surface area contributed by atoms with E-state index >= 15 is 0 Å². The van der Waals surface area contributed by atoms with E-state index in [0.717, 1.165) is 54.3 Å². The number of rotatable bonds is 4. The quantitative estimate of drug-likeness (QED) is 0.222. The largest absolute Gasteiger partial charge is 0.237 e. The summed E-state index contributed by atoms with van der Waals surface area (Å²) in [6.07, 6.45) is 0. The summed E-state index contributed by atoms with van der Waals surface area (Å²) in [6, 6.07) is 45.7. The standard InChI is InChI=1S/C36H22N4S/c1-3-12-23(13-4-1)25-16-11-17-26(22-25)34-38-33(24-14-5-2-6-15-24)39-35(40-34)31-27-18-7-9-20-29(27)37-36-32(31)28-19-8-10-21-30(28)41-36/h1-22H. The third kappa shape index (κ3) is 4.15. The van der Waals surface area contributed by atoms with Crippen LogP contribution in [0.1, 0.15) is 0 Å². The molecule has 3 aromatic heterocycles. The molecule has 0 N–H and O–H groups in total. The van der Waals surface area contributed by atoms with Crippen molar-refractivity contribution < 1.29 is 0 Å². The van der Waals surface area contributed by atoms with Crippen LogP contribution in [0, 0.1) is 0 Å². The highest BCUT2D eigenvalue weighted by Crippen LogP contribution is 2.42. The molecule has 3 heterocycles. The van der Waals surface area contributed by atoms with Crippen molar-refractivity contribution in [3.8, 4) is 45.3 Å². The molecule has 4 nitrogen and oxygen atoms in total. The van der Waals surface area contributed by atoms with Crippen LogP contribution in [0.5, 0.6) is 0 Å². The second-order valence-corrected chi connectivity index (χ2v) is 10.9. The van der Waals surface area contributed by atoms with Gasteiger partial charge in [-0.3, -0.25) is 0 Å². The summed E-state index contributed by atoms with van der Waals surface area (Å²) in [7, 11) is 0. The fourth-order valence-electron chi connectivity index (χ4n) is 5.41. The van der Waals surface area contributed by atoms with Gasteiger partial charge in [-0.1, -0.05) is 115 Å². The average Bonchev–Trinajstić information content (AvgIpc) is 3.42. The van der Waals surface area contributed by atoms with Gasteiger partial charge in [0.15, 0.2) is 17.5 Å². The third-order valence-electron chi connectivity index (χ3n) is 7.34. The van der Waals surface area contributed by atoms with Gasteiger partial charge in [-0.05, 0) is 29.3 Å². The van der Waals surface area contributed by atoms with Crippen molar-refractivity contribution in [1.29, 1.82) is 0 Å². The first-order valence-corrected chi connectivity index (χ1v) is 14.3. The van der Waals surface area contributed by atoms with Gasteiger partial charge in [-0.25, -0.2) is 19.9 Å². The Balaban J connectivity index is 1.44. The Morgan fingerprint density at radius 2 is 1.00 bits per heavy atom. The number of aromatic nitrogens is 4. The first-order valence-electron chi connectivity index (χ1n) is 13.5. The van der Waals surface area contributed by atoms with Gasteiger partial charge in [-0.15, -0.1) is 11.3 Å². The number of benzene rings is 5. The highest BCUT2D eigenvalue weighted by Gasteiger charge is 2.20. The highest BCUT2D eigenvalue weighted by atomic mass is 32.1. The zero-order valence-corrected chi connectivity index (χ0v) is 22.7. The van der Waals surface area contributed by atoms with Crippen LogP contribution in [0.4, 0.5) is 0 Å². The molecule has 0 bridgehead atoms. The van der Waals surface area contributed by atoms with Crippen LogP contribution in [0.2, 0.25) is 0 Å². The van der Waals surface area contributed by atoms with E-state index in [-0.39, 0.29) is 0 Å². The monoisotopic (exact) mass is 542 g/mol. The SMILES string of the molecule is c1ccc(-c2cccc(-c3nc(-c4ccccc4)nc(-c4c5ccccc5nc5sc6ccccc6c45)n3)c2)cc1. The van der Waals surface area contributed by atoms with Crippen LogP contribution >= 0.6 is 11.3 Å². The molecule has 8 aromatic rings. The van der Waals surface area contributed by atoms with Crippen molar-refractivity contribution in [2.24, 2.45) is 0 Å². The van der Waals surface area contributed by atoms with Gasteiger partial charge in [0.05, 0.1) is 5.52 Å². The van der Waals surface area contributed by atoms with Crippen molar-refractivity contribution in [3.05, 3.63) is 133 Å². The number of nitrogens with zero attached hydrogens (tertiary/aromatic N) is 4. The second kappa shape index (κ2) is 9.73. The molecule has 0 radical (unpaired) electrons. The van der Waals surface area contributed by atoms with E-state index in [2.05, 4.69) is 91.0 Å². The van der Waals surface area contributed by atoms with Gasteiger partial charge in [0.2, 0.25) is 0 Å². The second-order valence-electron chi connectivity index (χ2n) is 9.90. The first kappa shape index (κ1) is 23.6. The minimum absolute atomic E-state index is 0.639. The zero-order valence-electron chi connectivity index (χ0n) is 21.9. The van der Waals surface area contributed by atoms with E-state index in [0.29, 0.717) is 17.5 Å². The molecular weight excluding hydrogens is 520 g/mol. The lowest BCUT2D eigenvalue weighted by Gasteiger charge is -2.12. The lowest BCUT2D eigenvalue weighted by atomic mass is 10.0. The Bertz CT molecular complexity index is 2210. The van der Waals surface area contributed by atoms with Gasteiger partial charge in [0.1, 0.15) is 4.83 Å². The van der Waals surface area contributed by atoms with Crippen molar-refractivity contribution in [3.63, 3.8) is 0 Å². The minimum atomic E-state index is 0.639. The number of hydrogen-bond donors (Lipinski definition) is 0. The van der Waals surface area contributed by atoms with E-state index < -0.39 is 0 Å². The Kier molecular flexibility index (Phi) is 5.61. The molecule has 0 saturated carbocycles. The Morgan fingerprint density at radius 3 is 1.80 bits per heavy atom. The molecule has 0 saturated heterocycles. The smallest absolute Gasteiger partial charge is 0.165 e. The van der Waals surface area contributed by atoms with E-state index in [9.17, 15) is 0 Å². The van der Waals surface area contributed by atoms with Crippen LogP contribution in [-0.2, 0) is 0 Å². The van der Waals surface area contributed by atoms with Crippen LogP contribution in [0.15, 0.2) is 133 Å². The van der Waals surface area contributed by atoms with Gasteiger partial charge in [0, 0.05) is 37.5 Å². The Hall–Kier alpha value is -5.26. The van der Waals surface area contributed by atoms with Crippen LogP contribution in [-0.4, -0.2) is 19.9 Å². The molecule has 8 rings (SSSR count). The number of para-hydroxylation sites is 1. The van der Waals surface area contributed by atoms with E-state index in [4.69, 9.17) is 19.9 Å². The van der Waals surface area contributed by atoms with Gasteiger partial charge < -0.3 is 0 Å². The molecule has 5 heteroatoms. The predicted octanol–water partition coefficient (Wildman–Crippen LogP) is 9.46. The number of hydrogen-bond acceptors (Lipinski definition) is 5. The molecule has 0 aliphatic heterocycles. The van der Waals surface area contributed by atoms with Gasteiger partial charge in [0.25, 0.3) is 0 Å². The summed E-state index contributed by atoms with van der Waals surface area (Å²) in [6.45, 7) is 0. The van der Waals surface area contributed by atoms with Crippen molar-refractivity contribution >= 4 is 42.5 Å². The molecule has 0 atom stereocenters. The lowest BCUT2D eigenvalue weighted by Crippen LogP contribution is -2.01. The molecule has 0 spiro atoms. The molecule has 0 aliphatic carbocycles. The summed E-state index contributed by atoms with van der Waals surface area (Å²) in [5, 5.41) is 3.27. The molecule has 0 unspecified atom stereocenters. The molecule has 0 fully saturated rings. The maximum atomic E-state index is 5.18. The van der Waals surface area contributed by atoms with Crippen molar-refractivity contribution in [1.82, 2.24) is 19.9 Å². The Labute approximate surface area is 240 Å². The average molecular weight is 543 g/mol. The lowest BCUT2D eigenvalue weighted by molar-refractivity contribution is 1.08. The Morgan fingerprint density at radius 1 is 0.415 bits per heavy atom. The molecular formula is C36H22N4S.